The van der Waals surface area contributed by atoms with Gasteiger partial charge in [-0.3, -0.25) is 9.78 Å². The van der Waals surface area contributed by atoms with Gasteiger partial charge in [0.05, 0.1) is 16.8 Å². The molecule has 0 bridgehead atoms. The van der Waals surface area contributed by atoms with E-state index < -0.39 is 6.10 Å². The fourth-order valence-electron chi connectivity index (χ4n) is 2.27. The van der Waals surface area contributed by atoms with E-state index in [-0.39, 0.29) is 24.9 Å². The number of nitrogens with zero attached hydrogens (tertiary/aromatic N) is 1. The van der Waals surface area contributed by atoms with Gasteiger partial charge < -0.3 is 15.7 Å². The van der Waals surface area contributed by atoms with Crippen molar-refractivity contribution < 1.29 is 9.90 Å². The summed E-state index contributed by atoms with van der Waals surface area (Å²) in [5, 5.41) is 16.3. The number of aliphatic hydroxyl groups excluding tert-OH is 1. The molecule has 1 aliphatic heterocycles. The number of aliphatic hydroxyl groups is 1. The zero-order valence-corrected chi connectivity index (χ0v) is 14.0. The Labute approximate surface area is 141 Å². The number of halogens is 2. The minimum absolute atomic E-state index is 0. The lowest BCUT2D eigenvalue weighted by atomic mass is 10.0. The number of rotatable bonds is 5. The summed E-state index contributed by atoms with van der Waals surface area (Å²) in [7, 11) is 0. The zero-order valence-electron chi connectivity index (χ0n) is 12.4. The van der Waals surface area contributed by atoms with E-state index >= 15 is 0 Å². The second-order valence-electron chi connectivity index (χ2n) is 5.15. The predicted molar refractivity (Wildman–Crippen MR) is 90.4 cm³/mol. The summed E-state index contributed by atoms with van der Waals surface area (Å²) in [6, 6.07) is 1.84. The number of hydrogen-bond acceptors (Lipinski definition) is 4. The van der Waals surface area contributed by atoms with Crippen LogP contribution in [-0.2, 0) is 11.2 Å². The Morgan fingerprint density at radius 2 is 2.36 bits per heavy atom. The van der Waals surface area contributed by atoms with Crippen LogP contribution in [0.5, 0.6) is 0 Å². The van der Waals surface area contributed by atoms with Crippen molar-refractivity contribution in [3.63, 3.8) is 0 Å². The normalized spacial score (nSPS) is 15.5. The monoisotopic (exact) mass is 345 g/mol. The molecule has 122 valence electrons. The summed E-state index contributed by atoms with van der Waals surface area (Å²) in [6.45, 7) is 3.42. The first-order valence-corrected chi connectivity index (χ1v) is 7.41. The molecule has 0 saturated carbocycles. The van der Waals surface area contributed by atoms with Gasteiger partial charge in [-0.15, -0.1) is 12.4 Å². The number of aromatic nitrogens is 1. The minimum atomic E-state index is -0.643. The highest BCUT2D eigenvalue weighted by atomic mass is 35.5. The van der Waals surface area contributed by atoms with Gasteiger partial charge in [0.15, 0.2) is 0 Å². The van der Waals surface area contributed by atoms with Gasteiger partial charge in [0.1, 0.15) is 0 Å². The fraction of sp³-hybridized carbons (Fsp3) is 0.467. The second kappa shape index (κ2) is 9.10. The number of nitrogens with one attached hydrogen (secondary N) is 2. The molecule has 0 saturated heterocycles. The van der Waals surface area contributed by atoms with Gasteiger partial charge in [-0.05, 0) is 30.2 Å². The topological polar surface area (TPSA) is 74.2 Å². The maximum Gasteiger partial charge on any atom is 0.216 e. The summed E-state index contributed by atoms with van der Waals surface area (Å²) in [5.41, 5.74) is 2.83. The van der Waals surface area contributed by atoms with Gasteiger partial charge in [0.25, 0.3) is 0 Å². The Hall–Kier alpha value is -1.14. The molecular formula is C15H21Cl2N3O2. The van der Waals surface area contributed by atoms with E-state index in [1.165, 1.54) is 6.92 Å². The van der Waals surface area contributed by atoms with Crippen LogP contribution in [0.2, 0.25) is 5.02 Å². The number of hydrogen-bond donors (Lipinski definition) is 3. The van der Waals surface area contributed by atoms with Gasteiger partial charge in [0, 0.05) is 32.6 Å². The van der Waals surface area contributed by atoms with Crippen LogP contribution in [0.3, 0.4) is 0 Å². The SMILES string of the molecule is CC(=O)NCC(O)Cc1cnc(C2=CCNCC2)c(Cl)c1.Cl. The molecule has 1 aliphatic rings. The van der Waals surface area contributed by atoms with Crippen LogP contribution in [0.25, 0.3) is 5.57 Å². The number of pyridine rings is 1. The smallest absolute Gasteiger partial charge is 0.216 e. The van der Waals surface area contributed by atoms with E-state index in [4.69, 9.17) is 11.6 Å². The standard InChI is InChI=1S/C15H20ClN3O2.ClH/c1-10(20)18-9-13(21)6-11-7-14(16)15(19-8-11)12-2-4-17-5-3-12;/h2,7-8,13,17,21H,3-6,9H2,1H3,(H,18,20);1H. The van der Waals surface area contributed by atoms with Crippen LogP contribution >= 0.6 is 24.0 Å². The van der Waals surface area contributed by atoms with Gasteiger partial charge in [-0.1, -0.05) is 17.7 Å². The van der Waals surface area contributed by atoms with Crippen molar-refractivity contribution in [3.8, 4) is 0 Å². The van der Waals surface area contributed by atoms with Gasteiger partial charge in [0.2, 0.25) is 5.91 Å². The highest BCUT2D eigenvalue weighted by Crippen LogP contribution is 2.26. The van der Waals surface area contributed by atoms with Crippen molar-refractivity contribution in [2.75, 3.05) is 19.6 Å². The van der Waals surface area contributed by atoms with Crippen LogP contribution in [-0.4, -0.2) is 41.7 Å². The van der Waals surface area contributed by atoms with Gasteiger partial charge >= 0.3 is 0 Å². The first kappa shape index (κ1) is 18.9. The average Bonchev–Trinajstić information content (AvgIpc) is 2.46. The lowest BCUT2D eigenvalue weighted by Crippen LogP contribution is -2.31. The number of carbonyl (C=O) groups excluding carboxylic acids is 1. The van der Waals surface area contributed by atoms with Crippen LogP contribution < -0.4 is 10.6 Å². The van der Waals surface area contributed by atoms with Crippen LogP contribution in [0.4, 0.5) is 0 Å². The summed E-state index contributed by atoms with van der Waals surface area (Å²) in [6.07, 6.45) is 4.52. The molecule has 0 aliphatic carbocycles. The van der Waals surface area contributed by atoms with E-state index in [2.05, 4.69) is 21.7 Å². The Morgan fingerprint density at radius 1 is 1.59 bits per heavy atom. The Balaban J connectivity index is 0.00000242. The Morgan fingerprint density at radius 3 is 2.95 bits per heavy atom. The molecule has 2 heterocycles. The highest BCUT2D eigenvalue weighted by molar-refractivity contribution is 6.32. The van der Waals surface area contributed by atoms with E-state index in [0.717, 1.165) is 36.3 Å². The maximum atomic E-state index is 10.8. The molecule has 1 aromatic rings. The van der Waals surface area contributed by atoms with Crippen molar-refractivity contribution in [1.29, 1.82) is 0 Å². The molecular weight excluding hydrogens is 325 g/mol. The van der Waals surface area contributed by atoms with Crippen LogP contribution in [0.1, 0.15) is 24.6 Å². The van der Waals surface area contributed by atoms with Gasteiger partial charge in [-0.2, -0.15) is 0 Å². The first-order chi connectivity index (χ1) is 10.1. The second-order valence-corrected chi connectivity index (χ2v) is 5.56. The van der Waals surface area contributed by atoms with E-state index in [9.17, 15) is 9.90 Å². The molecule has 1 amide bonds. The molecule has 7 heteroatoms. The van der Waals surface area contributed by atoms with E-state index in [1.54, 1.807) is 6.20 Å². The molecule has 0 fully saturated rings. The van der Waals surface area contributed by atoms with Crippen molar-refractivity contribution in [2.24, 2.45) is 0 Å². The summed E-state index contributed by atoms with van der Waals surface area (Å²) in [4.78, 5) is 15.2. The molecule has 0 aromatic carbocycles. The van der Waals surface area contributed by atoms with Gasteiger partial charge in [-0.25, -0.2) is 0 Å². The van der Waals surface area contributed by atoms with Crippen molar-refractivity contribution >= 4 is 35.5 Å². The van der Waals surface area contributed by atoms with Crippen LogP contribution in [0, 0.1) is 0 Å². The summed E-state index contributed by atoms with van der Waals surface area (Å²) in [5.74, 6) is -0.154. The molecule has 0 radical (unpaired) electrons. The van der Waals surface area contributed by atoms with Crippen molar-refractivity contribution in [1.82, 2.24) is 15.6 Å². The summed E-state index contributed by atoms with van der Waals surface area (Å²) < 4.78 is 0. The van der Waals surface area contributed by atoms with Crippen molar-refractivity contribution in [3.05, 3.63) is 34.6 Å². The zero-order chi connectivity index (χ0) is 15.2. The molecule has 2 rings (SSSR count). The largest absolute Gasteiger partial charge is 0.391 e. The summed E-state index contributed by atoms with van der Waals surface area (Å²) >= 11 is 6.30. The lowest BCUT2D eigenvalue weighted by molar-refractivity contribution is -0.119. The molecule has 3 N–H and O–H groups in total. The quantitative estimate of drug-likeness (QED) is 0.757. The molecule has 0 spiro atoms. The molecule has 22 heavy (non-hydrogen) atoms. The van der Waals surface area contributed by atoms with Crippen molar-refractivity contribution in [2.45, 2.75) is 25.9 Å². The molecule has 1 aromatic heterocycles. The number of carbonyl (C=O) groups is 1. The molecule has 5 nitrogen and oxygen atoms in total. The third-order valence-corrected chi connectivity index (χ3v) is 3.61. The Bertz CT molecular complexity index is 550. The lowest BCUT2D eigenvalue weighted by Gasteiger charge is -2.16. The fourth-order valence-corrected chi connectivity index (χ4v) is 2.58. The number of amides is 1. The predicted octanol–water partition coefficient (Wildman–Crippen LogP) is 1.57. The average molecular weight is 346 g/mol. The molecule has 1 unspecified atom stereocenters. The highest BCUT2D eigenvalue weighted by Gasteiger charge is 2.13. The van der Waals surface area contributed by atoms with Crippen LogP contribution in [0.15, 0.2) is 18.3 Å². The third-order valence-electron chi connectivity index (χ3n) is 3.32. The Kier molecular flexibility index (Phi) is 7.82. The minimum Gasteiger partial charge on any atom is -0.391 e. The third kappa shape index (κ3) is 5.57. The van der Waals surface area contributed by atoms with E-state index in [0.29, 0.717) is 11.4 Å². The maximum absolute atomic E-state index is 10.8. The van der Waals surface area contributed by atoms with E-state index in [1.807, 2.05) is 6.07 Å². The molecule has 1 atom stereocenters. The first-order valence-electron chi connectivity index (χ1n) is 7.03.